The Labute approximate surface area is 161 Å². The highest BCUT2D eigenvalue weighted by Gasteiger charge is 2.14. The summed E-state index contributed by atoms with van der Waals surface area (Å²) < 4.78 is 5.70. The molecule has 0 aliphatic carbocycles. The maximum atomic E-state index is 12.5. The molecule has 1 aliphatic rings. The molecule has 0 spiro atoms. The number of nitrogens with one attached hydrogen (secondary N) is 1. The summed E-state index contributed by atoms with van der Waals surface area (Å²) >= 11 is 0. The predicted octanol–water partition coefficient (Wildman–Crippen LogP) is 3.65. The van der Waals surface area contributed by atoms with Crippen molar-refractivity contribution in [1.29, 1.82) is 0 Å². The number of carbonyl (C=O) groups is 1. The number of pyridine rings is 2. The molecule has 0 saturated carbocycles. The van der Waals surface area contributed by atoms with Crippen LogP contribution in [0.25, 0.3) is 0 Å². The maximum Gasteiger partial charge on any atom is 0.256 e. The minimum absolute atomic E-state index is 0.155. The zero-order chi connectivity index (χ0) is 18.7. The van der Waals surface area contributed by atoms with Crippen LogP contribution in [0.4, 0.5) is 0 Å². The molecule has 1 saturated heterocycles. The smallest absolute Gasteiger partial charge is 0.256 e. The van der Waals surface area contributed by atoms with E-state index >= 15 is 0 Å². The molecule has 3 heterocycles. The summed E-state index contributed by atoms with van der Waals surface area (Å²) in [5, 5.41) is 2.98. The van der Waals surface area contributed by atoms with Gasteiger partial charge in [0.05, 0.1) is 6.20 Å². The van der Waals surface area contributed by atoms with Gasteiger partial charge in [0.25, 0.3) is 5.91 Å². The zero-order valence-corrected chi connectivity index (χ0v) is 15.8. The third-order valence-corrected chi connectivity index (χ3v) is 4.75. The Morgan fingerprint density at radius 2 is 1.93 bits per heavy atom. The number of piperidine rings is 1. The number of aromatic nitrogens is 2. The number of carbonyl (C=O) groups excluding carboxylic acids is 1. The fourth-order valence-corrected chi connectivity index (χ4v) is 3.28. The third kappa shape index (κ3) is 6.32. The summed E-state index contributed by atoms with van der Waals surface area (Å²) in [6, 6.07) is 7.03. The lowest BCUT2D eigenvalue weighted by molar-refractivity contribution is 0.0950. The van der Waals surface area contributed by atoms with Crippen molar-refractivity contribution in [3.05, 3.63) is 48.4 Å². The molecule has 3 rings (SSSR count). The Hall–Kier alpha value is -2.47. The van der Waals surface area contributed by atoms with Gasteiger partial charge >= 0.3 is 0 Å². The van der Waals surface area contributed by atoms with E-state index in [2.05, 4.69) is 20.2 Å². The largest absolute Gasteiger partial charge is 0.437 e. The monoisotopic (exact) mass is 368 g/mol. The Bertz CT molecular complexity index is 702. The first kappa shape index (κ1) is 19.3. The first-order valence-corrected chi connectivity index (χ1v) is 9.86. The highest BCUT2D eigenvalue weighted by atomic mass is 16.5. The van der Waals surface area contributed by atoms with Gasteiger partial charge in [0.1, 0.15) is 11.3 Å². The van der Waals surface area contributed by atoms with Crippen LogP contribution >= 0.6 is 0 Å². The molecule has 0 bridgehead atoms. The third-order valence-electron chi connectivity index (χ3n) is 4.75. The molecule has 6 nitrogen and oxygen atoms in total. The first-order valence-electron chi connectivity index (χ1n) is 9.86. The summed E-state index contributed by atoms with van der Waals surface area (Å²) in [4.78, 5) is 23.2. The highest BCUT2D eigenvalue weighted by Crippen LogP contribution is 2.21. The number of hydrogen-bond donors (Lipinski definition) is 1. The van der Waals surface area contributed by atoms with E-state index in [1.165, 1.54) is 45.3 Å². The molecule has 2 aromatic heterocycles. The zero-order valence-electron chi connectivity index (χ0n) is 15.8. The van der Waals surface area contributed by atoms with Crippen molar-refractivity contribution in [2.45, 2.75) is 38.5 Å². The van der Waals surface area contributed by atoms with Crippen molar-refractivity contribution in [1.82, 2.24) is 20.2 Å². The first-order chi connectivity index (χ1) is 13.3. The number of ether oxygens (including phenoxy) is 1. The number of rotatable bonds is 9. The van der Waals surface area contributed by atoms with Crippen LogP contribution < -0.4 is 10.1 Å². The molecule has 0 atom stereocenters. The Morgan fingerprint density at radius 1 is 1.07 bits per heavy atom. The summed E-state index contributed by atoms with van der Waals surface area (Å²) in [7, 11) is 0. The van der Waals surface area contributed by atoms with Crippen molar-refractivity contribution in [2.24, 2.45) is 0 Å². The lowest BCUT2D eigenvalue weighted by atomic mass is 10.1. The fraction of sp³-hybridized carbons (Fsp3) is 0.476. The van der Waals surface area contributed by atoms with Gasteiger partial charge in [-0.15, -0.1) is 0 Å². The Morgan fingerprint density at radius 3 is 2.74 bits per heavy atom. The molecule has 27 heavy (non-hydrogen) atoms. The standard InChI is InChI=1S/C21H28N4O2/c26-20(23-12-3-1-4-14-25-15-5-2-6-16-25)19-10-8-13-24-21(19)27-18-9-7-11-22-17-18/h7-11,13,17H,1-6,12,14-16H2,(H,23,26). The molecule has 0 unspecified atom stereocenters. The second-order valence-corrected chi connectivity index (χ2v) is 6.87. The van der Waals surface area contributed by atoms with Crippen molar-refractivity contribution in [3.63, 3.8) is 0 Å². The number of amides is 1. The van der Waals surface area contributed by atoms with Gasteiger partial charge in [-0.3, -0.25) is 9.78 Å². The van der Waals surface area contributed by atoms with Gasteiger partial charge in [-0.2, -0.15) is 0 Å². The van der Waals surface area contributed by atoms with Crippen LogP contribution in [0.5, 0.6) is 11.6 Å². The normalized spacial score (nSPS) is 14.7. The molecule has 0 radical (unpaired) electrons. The molecule has 6 heteroatoms. The predicted molar refractivity (Wildman–Crippen MR) is 105 cm³/mol. The summed E-state index contributed by atoms with van der Waals surface area (Å²) in [6.45, 7) is 4.34. The SMILES string of the molecule is O=C(NCCCCCN1CCCCC1)c1cccnc1Oc1cccnc1. The van der Waals surface area contributed by atoms with Crippen LogP contribution in [0.15, 0.2) is 42.9 Å². The molecule has 1 N–H and O–H groups in total. The Kier molecular flexibility index (Phi) is 7.59. The second-order valence-electron chi connectivity index (χ2n) is 6.87. The van der Waals surface area contributed by atoms with E-state index < -0.39 is 0 Å². The van der Waals surface area contributed by atoms with Crippen LogP contribution in [0, 0.1) is 0 Å². The van der Waals surface area contributed by atoms with Crippen LogP contribution in [0.2, 0.25) is 0 Å². The van der Waals surface area contributed by atoms with Gasteiger partial charge in [-0.25, -0.2) is 4.98 Å². The topological polar surface area (TPSA) is 67.4 Å². The summed E-state index contributed by atoms with van der Waals surface area (Å²) in [6.07, 6.45) is 12.2. The van der Waals surface area contributed by atoms with E-state index in [0.717, 1.165) is 12.8 Å². The molecule has 144 valence electrons. The van der Waals surface area contributed by atoms with E-state index in [-0.39, 0.29) is 5.91 Å². The molecule has 2 aromatic rings. The molecule has 1 amide bonds. The lowest BCUT2D eigenvalue weighted by Crippen LogP contribution is -2.30. The van der Waals surface area contributed by atoms with Crippen LogP contribution in [0.3, 0.4) is 0 Å². The van der Waals surface area contributed by atoms with E-state index in [4.69, 9.17) is 4.74 Å². The van der Waals surface area contributed by atoms with Gasteiger partial charge in [-0.05, 0) is 69.6 Å². The van der Waals surface area contributed by atoms with Gasteiger partial charge in [-0.1, -0.05) is 12.8 Å². The second kappa shape index (κ2) is 10.6. The van der Waals surface area contributed by atoms with E-state index in [1.54, 1.807) is 42.9 Å². The van der Waals surface area contributed by atoms with Crippen molar-refractivity contribution >= 4 is 5.91 Å². The van der Waals surface area contributed by atoms with Crippen LogP contribution in [-0.2, 0) is 0 Å². The molecule has 1 aliphatic heterocycles. The van der Waals surface area contributed by atoms with Crippen molar-refractivity contribution in [2.75, 3.05) is 26.2 Å². The van der Waals surface area contributed by atoms with Gasteiger partial charge < -0.3 is 15.0 Å². The fourth-order valence-electron chi connectivity index (χ4n) is 3.28. The molecular weight excluding hydrogens is 340 g/mol. The highest BCUT2D eigenvalue weighted by molar-refractivity contribution is 5.96. The molecule has 1 fully saturated rings. The van der Waals surface area contributed by atoms with Crippen LogP contribution in [-0.4, -0.2) is 47.0 Å². The van der Waals surface area contributed by atoms with E-state index in [1.807, 2.05) is 0 Å². The number of hydrogen-bond acceptors (Lipinski definition) is 5. The quantitative estimate of drug-likeness (QED) is 0.684. The van der Waals surface area contributed by atoms with Crippen molar-refractivity contribution < 1.29 is 9.53 Å². The van der Waals surface area contributed by atoms with Gasteiger partial charge in [0.15, 0.2) is 0 Å². The number of likely N-dealkylation sites (tertiary alicyclic amines) is 1. The minimum atomic E-state index is -0.155. The van der Waals surface area contributed by atoms with Crippen LogP contribution in [0.1, 0.15) is 48.9 Å². The number of nitrogens with zero attached hydrogens (tertiary/aromatic N) is 3. The Balaban J connectivity index is 1.40. The summed E-state index contributed by atoms with van der Waals surface area (Å²) in [5.41, 5.74) is 0.440. The average molecular weight is 368 g/mol. The molecular formula is C21H28N4O2. The number of unbranched alkanes of at least 4 members (excludes halogenated alkanes) is 2. The minimum Gasteiger partial charge on any atom is -0.437 e. The summed E-state index contributed by atoms with van der Waals surface area (Å²) in [5.74, 6) is 0.703. The van der Waals surface area contributed by atoms with E-state index in [9.17, 15) is 4.79 Å². The van der Waals surface area contributed by atoms with Crippen molar-refractivity contribution in [3.8, 4) is 11.6 Å². The van der Waals surface area contributed by atoms with E-state index in [0.29, 0.717) is 23.7 Å². The van der Waals surface area contributed by atoms with Gasteiger partial charge in [0, 0.05) is 18.9 Å². The van der Waals surface area contributed by atoms with Gasteiger partial charge in [0.2, 0.25) is 5.88 Å². The molecule has 0 aromatic carbocycles. The lowest BCUT2D eigenvalue weighted by Gasteiger charge is -2.26. The maximum absolute atomic E-state index is 12.5. The average Bonchev–Trinajstić information content (AvgIpc) is 2.72.